The van der Waals surface area contributed by atoms with Crippen LogP contribution < -0.4 is 4.90 Å². The van der Waals surface area contributed by atoms with Gasteiger partial charge >= 0.3 is 0 Å². The smallest absolute Gasteiger partial charge is 0.293 e. The van der Waals surface area contributed by atoms with E-state index < -0.39 is 0 Å². The highest BCUT2D eigenvalue weighted by Crippen LogP contribution is 2.33. The SMILES string of the molecule is CC1CCN(c2ccc(C(=O)N3C[C@H](C)C[C@H](C)C3)cc2[N+](=O)[O-])CC1. The molecule has 0 unspecified atom stereocenters. The van der Waals surface area contributed by atoms with Crippen molar-refractivity contribution < 1.29 is 9.72 Å². The van der Waals surface area contributed by atoms with Gasteiger partial charge in [-0.05, 0) is 49.1 Å². The van der Waals surface area contributed by atoms with Crippen molar-refractivity contribution in [1.29, 1.82) is 0 Å². The Kier molecular flexibility index (Phi) is 5.49. The Hall–Kier alpha value is -2.11. The molecule has 2 aliphatic rings. The second-order valence-electron chi connectivity index (χ2n) is 8.29. The van der Waals surface area contributed by atoms with Gasteiger partial charge < -0.3 is 9.80 Å². The van der Waals surface area contributed by atoms with Crippen LogP contribution in [-0.4, -0.2) is 41.9 Å². The standard InChI is InChI=1S/C20H29N3O3/c1-14-6-8-21(9-7-14)18-5-4-17(11-19(18)23(25)26)20(24)22-12-15(2)10-16(3)13-22/h4-5,11,14-16H,6-10,12-13H2,1-3H3/t15-,16+. The van der Waals surface area contributed by atoms with Gasteiger partial charge in [0.15, 0.2) is 0 Å². The Morgan fingerprint density at radius 2 is 1.69 bits per heavy atom. The van der Waals surface area contributed by atoms with Gasteiger partial charge in [0.25, 0.3) is 11.6 Å². The molecule has 0 radical (unpaired) electrons. The van der Waals surface area contributed by atoms with E-state index in [1.54, 1.807) is 12.1 Å². The van der Waals surface area contributed by atoms with Crippen molar-refractivity contribution in [3.8, 4) is 0 Å². The molecule has 3 rings (SSSR count). The maximum Gasteiger partial charge on any atom is 0.293 e. The Balaban J connectivity index is 1.84. The number of piperidine rings is 2. The van der Waals surface area contributed by atoms with E-state index in [0.29, 0.717) is 29.0 Å². The highest BCUT2D eigenvalue weighted by molar-refractivity contribution is 5.96. The van der Waals surface area contributed by atoms with Crippen LogP contribution >= 0.6 is 0 Å². The highest BCUT2D eigenvalue weighted by Gasteiger charge is 2.29. The average molecular weight is 359 g/mol. The topological polar surface area (TPSA) is 66.7 Å². The number of hydrogen-bond acceptors (Lipinski definition) is 4. The van der Waals surface area contributed by atoms with Crippen molar-refractivity contribution >= 4 is 17.3 Å². The highest BCUT2D eigenvalue weighted by atomic mass is 16.6. The maximum atomic E-state index is 12.9. The fraction of sp³-hybridized carbons (Fsp3) is 0.650. The second kappa shape index (κ2) is 7.64. The zero-order valence-corrected chi connectivity index (χ0v) is 16.0. The van der Waals surface area contributed by atoms with Gasteiger partial charge in [-0.2, -0.15) is 0 Å². The molecular weight excluding hydrogens is 330 g/mol. The minimum absolute atomic E-state index is 0.0449. The van der Waals surface area contributed by atoms with Gasteiger partial charge in [0.1, 0.15) is 5.69 Å². The van der Waals surface area contributed by atoms with Crippen molar-refractivity contribution in [1.82, 2.24) is 4.90 Å². The molecular formula is C20H29N3O3. The number of nitro groups is 1. The summed E-state index contributed by atoms with van der Waals surface area (Å²) < 4.78 is 0. The van der Waals surface area contributed by atoms with Gasteiger partial charge in [0.05, 0.1) is 4.92 Å². The number of carbonyl (C=O) groups is 1. The molecule has 6 heteroatoms. The molecule has 142 valence electrons. The number of carbonyl (C=O) groups excluding carboxylic acids is 1. The molecule has 0 N–H and O–H groups in total. The van der Waals surface area contributed by atoms with Gasteiger partial charge in [0, 0.05) is 37.8 Å². The summed E-state index contributed by atoms with van der Waals surface area (Å²) in [5, 5.41) is 11.6. The third-order valence-electron chi connectivity index (χ3n) is 5.70. The summed E-state index contributed by atoms with van der Waals surface area (Å²) in [7, 11) is 0. The van der Waals surface area contributed by atoms with Gasteiger partial charge in [-0.1, -0.05) is 20.8 Å². The largest absolute Gasteiger partial charge is 0.366 e. The lowest BCUT2D eigenvalue weighted by molar-refractivity contribution is -0.384. The Morgan fingerprint density at radius 3 is 2.27 bits per heavy atom. The van der Waals surface area contributed by atoms with Crippen molar-refractivity contribution in [2.45, 2.75) is 40.0 Å². The first-order valence-electron chi connectivity index (χ1n) is 9.67. The summed E-state index contributed by atoms with van der Waals surface area (Å²) in [5.41, 5.74) is 1.11. The first-order valence-corrected chi connectivity index (χ1v) is 9.67. The van der Waals surface area contributed by atoms with Gasteiger partial charge in [0.2, 0.25) is 0 Å². The van der Waals surface area contributed by atoms with E-state index in [2.05, 4.69) is 25.7 Å². The predicted octanol–water partition coefficient (Wildman–Crippen LogP) is 3.95. The fourth-order valence-corrected chi connectivity index (χ4v) is 4.33. The molecule has 1 aromatic carbocycles. The van der Waals surface area contributed by atoms with Crippen LogP contribution in [0.1, 0.15) is 50.4 Å². The van der Waals surface area contributed by atoms with Crippen LogP contribution in [0.2, 0.25) is 0 Å². The molecule has 1 amide bonds. The van der Waals surface area contributed by atoms with Gasteiger partial charge in [-0.3, -0.25) is 14.9 Å². The minimum Gasteiger partial charge on any atom is -0.366 e. The number of likely N-dealkylation sites (tertiary alicyclic amines) is 1. The molecule has 1 aromatic rings. The molecule has 2 fully saturated rings. The predicted molar refractivity (Wildman–Crippen MR) is 103 cm³/mol. The number of nitro benzene ring substituents is 1. The van der Waals surface area contributed by atoms with Crippen LogP contribution in [0.15, 0.2) is 18.2 Å². The third-order valence-corrected chi connectivity index (χ3v) is 5.70. The molecule has 2 heterocycles. The van der Waals surface area contributed by atoms with E-state index in [4.69, 9.17) is 0 Å². The van der Waals surface area contributed by atoms with Crippen molar-refractivity contribution in [2.75, 3.05) is 31.1 Å². The average Bonchev–Trinajstić information content (AvgIpc) is 2.60. The second-order valence-corrected chi connectivity index (χ2v) is 8.29. The van der Waals surface area contributed by atoms with Crippen molar-refractivity contribution in [3.63, 3.8) is 0 Å². The first kappa shape index (κ1) is 18.7. The lowest BCUT2D eigenvalue weighted by atomic mass is 9.91. The lowest BCUT2D eigenvalue weighted by Gasteiger charge is -2.35. The fourth-order valence-electron chi connectivity index (χ4n) is 4.33. The van der Waals surface area contributed by atoms with E-state index >= 15 is 0 Å². The summed E-state index contributed by atoms with van der Waals surface area (Å²) in [5.74, 6) is 1.50. The van der Waals surface area contributed by atoms with Crippen molar-refractivity contribution in [2.24, 2.45) is 17.8 Å². The Morgan fingerprint density at radius 1 is 1.08 bits per heavy atom. The molecule has 26 heavy (non-hydrogen) atoms. The lowest BCUT2D eigenvalue weighted by Crippen LogP contribution is -2.42. The number of hydrogen-bond donors (Lipinski definition) is 0. The van der Waals surface area contributed by atoms with E-state index in [1.165, 1.54) is 6.07 Å². The van der Waals surface area contributed by atoms with E-state index in [0.717, 1.165) is 45.4 Å². The molecule has 0 saturated carbocycles. The van der Waals surface area contributed by atoms with E-state index in [9.17, 15) is 14.9 Å². The molecule has 0 spiro atoms. The Bertz CT molecular complexity index is 673. The zero-order valence-electron chi connectivity index (χ0n) is 16.0. The van der Waals surface area contributed by atoms with Gasteiger partial charge in [-0.15, -0.1) is 0 Å². The first-order chi connectivity index (χ1) is 12.3. The van der Waals surface area contributed by atoms with Crippen LogP contribution in [0.5, 0.6) is 0 Å². The third kappa shape index (κ3) is 4.00. The minimum atomic E-state index is -0.356. The van der Waals surface area contributed by atoms with E-state index in [-0.39, 0.29) is 16.5 Å². The summed E-state index contributed by atoms with van der Waals surface area (Å²) in [6.07, 6.45) is 3.21. The molecule has 6 nitrogen and oxygen atoms in total. The van der Waals surface area contributed by atoms with Crippen LogP contribution in [-0.2, 0) is 0 Å². The number of amides is 1. The quantitative estimate of drug-likeness (QED) is 0.605. The number of nitrogens with zero attached hydrogens (tertiary/aromatic N) is 3. The van der Waals surface area contributed by atoms with Crippen LogP contribution in [0, 0.1) is 27.9 Å². The van der Waals surface area contributed by atoms with Gasteiger partial charge in [-0.25, -0.2) is 0 Å². The maximum absolute atomic E-state index is 12.9. The molecule has 0 bridgehead atoms. The number of anilines is 1. The summed E-state index contributed by atoms with van der Waals surface area (Å²) >= 11 is 0. The summed E-state index contributed by atoms with van der Waals surface area (Å²) in [6, 6.07) is 4.99. The normalized spacial score (nSPS) is 24.6. The van der Waals surface area contributed by atoms with Crippen LogP contribution in [0.3, 0.4) is 0 Å². The number of benzene rings is 1. The summed E-state index contributed by atoms with van der Waals surface area (Å²) in [6.45, 7) is 9.63. The summed E-state index contributed by atoms with van der Waals surface area (Å²) in [4.78, 5) is 28.1. The van der Waals surface area contributed by atoms with Crippen LogP contribution in [0.25, 0.3) is 0 Å². The molecule has 2 atom stereocenters. The van der Waals surface area contributed by atoms with E-state index in [1.807, 2.05) is 4.90 Å². The molecule has 2 aliphatic heterocycles. The zero-order chi connectivity index (χ0) is 18.8. The Labute approximate surface area is 155 Å². The molecule has 0 aromatic heterocycles. The monoisotopic (exact) mass is 359 g/mol. The van der Waals surface area contributed by atoms with Crippen molar-refractivity contribution in [3.05, 3.63) is 33.9 Å². The van der Waals surface area contributed by atoms with Crippen LogP contribution in [0.4, 0.5) is 11.4 Å². The molecule has 2 saturated heterocycles. The number of rotatable bonds is 3. The molecule has 0 aliphatic carbocycles.